The molecule has 2 rings (SSSR count). The SMILES string of the molecule is C=CCNC(=NCC(=O)N(C)C)NC1CC2CCC1O2. The summed E-state index contributed by atoms with van der Waals surface area (Å²) in [5.41, 5.74) is 0. The molecular formula is C14H24N4O2. The van der Waals surface area contributed by atoms with Gasteiger partial charge in [0.25, 0.3) is 0 Å². The Kier molecular flexibility index (Phi) is 5.00. The third-order valence-corrected chi connectivity index (χ3v) is 3.71. The smallest absolute Gasteiger partial charge is 0.243 e. The number of hydrogen-bond donors (Lipinski definition) is 2. The van der Waals surface area contributed by atoms with Gasteiger partial charge in [-0.15, -0.1) is 6.58 Å². The third kappa shape index (κ3) is 3.72. The lowest BCUT2D eigenvalue weighted by atomic mass is 9.96. The lowest BCUT2D eigenvalue weighted by molar-refractivity contribution is -0.127. The highest BCUT2D eigenvalue weighted by molar-refractivity contribution is 5.85. The highest BCUT2D eigenvalue weighted by Crippen LogP contribution is 2.34. The normalized spacial score (nSPS) is 28.3. The Morgan fingerprint density at radius 1 is 1.50 bits per heavy atom. The Balaban J connectivity index is 1.90. The number of amides is 1. The number of fused-ring (bicyclic) bond motifs is 2. The van der Waals surface area contributed by atoms with Crippen molar-refractivity contribution in [2.45, 2.75) is 37.5 Å². The number of nitrogens with zero attached hydrogens (tertiary/aromatic N) is 2. The van der Waals surface area contributed by atoms with Crippen LogP contribution in [0.5, 0.6) is 0 Å². The predicted octanol–water partition coefficient (Wildman–Crippen LogP) is 0.116. The molecule has 2 aliphatic heterocycles. The number of rotatable bonds is 5. The molecule has 2 aliphatic rings. The fraction of sp³-hybridized carbons (Fsp3) is 0.714. The summed E-state index contributed by atoms with van der Waals surface area (Å²) < 4.78 is 5.81. The molecule has 1 amide bonds. The van der Waals surface area contributed by atoms with Gasteiger partial charge in [0.05, 0.1) is 18.2 Å². The molecule has 0 aromatic heterocycles. The van der Waals surface area contributed by atoms with Gasteiger partial charge in [0.2, 0.25) is 5.91 Å². The van der Waals surface area contributed by atoms with Crippen LogP contribution in [-0.2, 0) is 9.53 Å². The summed E-state index contributed by atoms with van der Waals surface area (Å²) in [5, 5.41) is 6.52. The first kappa shape index (κ1) is 14.8. The van der Waals surface area contributed by atoms with Gasteiger partial charge in [0.15, 0.2) is 5.96 Å². The van der Waals surface area contributed by atoms with E-state index in [-0.39, 0.29) is 18.6 Å². The quantitative estimate of drug-likeness (QED) is 0.426. The van der Waals surface area contributed by atoms with E-state index >= 15 is 0 Å². The minimum absolute atomic E-state index is 0.0195. The van der Waals surface area contributed by atoms with Crippen LogP contribution in [0.4, 0.5) is 0 Å². The summed E-state index contributed by atoms with van der Waals surface area (Å²) >= 11 is 0. The Labute approximate surface area is 120 Å². The maximum atomic E-state index is 11.6. The van der Waals surface area contributed by atoms with Gasteiger partial charge < -0.3 is 20.3 Å². The lowest BCUT2D eigenvalue weighted by Gasteiger charge is -2.22. The topological polar surface area (TPSA) is 66.0 Å². The monoisotopic (exact) mass is 280 g/mol. The van der Waals surface area contributed by atoms with E-state index in [0.29, 0.717) is 24.7 Å². The average Bonchev–Trinajstić information content (AvgIpc) is 3.03. The number of aliphatic imine (C=N–C) groups is 1. The zero-order chi connectivity index (χ0) is 14.5. The average molecular weight is 280 g/mol. The van der Waals surface area contributed by atoms with Crippen molar-refractivity contribution in [3.05, 3.63) is 12.7 Å². The van der Waals surface area contributed by atoms with E-state index in [1.165, 1.54) is 4.90 Å². The first-order chi connectivity index (χ1) is 9.60. The molecule has 0 aromatic carbocycles. The van der Waals surface area contributed by atoms with Crippen molar-refractivity contribution in [2.75, 3.05) is 27.2 Å². The van der Waals surface area contributed by atoms with Gasteiger partial charge in [0, 0.05) is 20.6 Å². The van der Waals surface area contributed by atoms with Crippen molar-refractivity contribution in [1.82, 2.24) is 15.5 Å². The largest absolute Gasteiger partial charge is 0.373 e. The Morgan fingerprint density at radius 2 is 2.30 bits per heavy atom. The van der Waals surface area contributed by atoms with Crippen molar-refractivity contribution < 1.29 is 9.53 Å². The first-order valence-electron chi connectivity index (χ1n) is 7.11. The summed E-state index contributed by atoms with van der Waals surface area (Å²) in [6.45, 7) is 4.44. The number of hydrogen-bond acceptors (Lipinski definition) is 3. The van der Waals surface area contributed by atoms with Crippen LogP contribution < -0.4 is 10.6 Å². The summed E-state index contributed by atoms with van der Waals surface area (Å²) in [6, 6.07) is 0.291. The molecule has 6 nitrogen and oxygen atoms in total. The van der Waals surface area contributed by atoms with Crippen LogP contribution in [0.2, 0.25) is 0 Å². The van der Waals surface area contributed by atoms with E-state index in [4.69, 9.17) is 4.74 Å². The minimum Gasteiger partial charge on any atom is -0.373 e. The molecule has 3 unspecified atom stereocenters. The molecule has 6 heteroatoms. The number of likely N-dealkylation sites (N-methyl/N-ethyl adjacent to an activating group) is 1. The van der Waals surface area contributed by atoms with Gasteiger partial charge in [-0.05, 0) is 19.3 Å². The van der Waals surface area contributed by atoms with Crippen LogP contribution in [0.3, 0.4) is 0 Å². The third-order valence-electron chi connectivity index (χ3n) is 3.71. The zero-order valence-electron chi connectivity index (χ0n) is 12.3. The van der Waals surface area contributed by atoms with Crippen LogP contribution in [0.1, 0.15) is 19.3 Å². The summed E-state index contributed by atoms with van der Waals surface area (Å²) in [7, 11) is 3.46. The molecule has 2 N–H and O–H groups in total. The van der Waals surface area contributed by atoms with Crippen molar-refractivity contribution in [3.63, 3.8) is 0 Å². The van der Waals surface area contributed by atoms with Crippen molar-refractivity contribution in [1.29, 1.82) is 0 Å². The Morgan fingerprint density at radius 3 is 2.85 bits per heavy atom. The van der Waals surface area contributed by atoms with E-state index in [2.05, 4.69) is 22.2 Å². The number of guanidine groups is 1. The molecule has 2 fully saturated rings. The zero-order valence-corrected chi connectivity index (χ0v) is 12.3. The van der Waals surface area contributed by atoms with Crippen LogP contribution in [0, 0.1) is 0 Å². The molecule has 2 saturated heterocycles. The van der Waals surface area contributed by atoms with E-state index in [0.717, 1.165) is 19.3 Å². The number of nitrogens with one attached hydrogen (secondary N) is 2. The van der Waals surface area contributed by atoms with E-state index < -0.39 is 0 Å². The molecule has 0 aromatic rings. The van der Waals surface area contributed by atoms with Crippen molar-refractivity contribution >= 4 is 11.9 Å². The van der Waals surface area contributed by atoms with Crippen LogP contribution in [0.25, 0.3) is 0 Å². The van der Waals surface area contributed by atoms with Gasteiger partial charge in [-0.25, -0.2) is 4.99 Å². The van der Waals surface area contributed by atoms with Gasteiger partial charge in [-0.2, -0.15) is 0 Å². The maximum Gasteiger partial charge on any atom is 0.243 e. The molecule has 0 radical (unpaired) electrons. The maximum absolute atomic E-state index is 11.6. The van der Waals surface area contributed by atoms with E-state index in [9.17, 15) is 4.79 Å². The standard InChI is InChI=1S/C14H24N4O2/c1-4-7-15-14(16-9-13(19)18(2)3)17-11-8-10-5-6-12(11)20-10/h4,10-12H,1,5-9H2,2-3H3,(H2,15,16,17). The number of ether oxygens (including phenoxy) is 1. The second-order valence-corrected chi connectivity index (χ2v) is 5.48. The van der Waals surface area contributed by atoms with E-state index in [1.807, 2.05) is 0 Å². The van der Waals surface area contributed by atoms with Gasteiger partial charge in [-0.1, -0.05) is 6.08 Å². The highest BCUT2D eigenvalue weighted by atomic mass is 16.5. The molecule has 0 spiro atoms. The summed E-state index contributed by atoms with van der Waals surface area (Å²) in [6.07, 6.45) is 5.72. The fourth-order valence-corrected chi connectivity index (χ4v) is 2.57. The van der Waals surface area contributed by atoms with Crippen LogP contribution in [-0.4, -0.2) is 62.2 Å². The van der Waals surface area contributed by atoms with Gasteiger partial charge in [-0.3, -0.25) is 4.79 Å². The first-order valence-corrected chi connectivity index (χ1v) is 7.11. The molecular weight excluding hydrogens is 256 g/mol. The molecule has 112 valence electrons. The van der Waals surface area contributed by atoms with Crippen molar-refractivity contribution in [3.8, 4) is 0 Å². The van der Waals surface area contributed by atoms with Crippen LogP contribution >= 0.6 is 0 Å². The minimum atomic E-state index is -0.0195. The summed E-state index contributed by atoms with van der Waals surface area (Å²) in [4.78, 5) is 17.5. The molecule has 20 heavy (non-hydrogen) atoms. The van der Waals surface area contributed by atoms with Gasteiger partial charge >= 0.3 is 0 Å². The Hall–Kier alpha value is -1.56. The van der Waals surface area contributed by atoms with Crippen LogP contribution in [0.15, 0.2) is 17.6 Å². The number of carbonyl (C=O) groups excluding carboxylic acids is 1. The molecule has 2 bridgehead atoms. The lowest BCUT2D eigenvalue weighted by Crippen LogP contribution is -2.47. The highest BCUT2D eigenvalue weighted by Gasteiger charge is 2.41. The molecule has 0 aliphatic carbocycles. The predicted molar refractivity (Wildman–Crippen MR) is 78.6 cm³/mol. The second-order valence-electron chi connectivity index (χ2n) is 5.48. The van der Waals surface area contributed by atoms with Gasteiger partial charge in [0.1, 0.15) is 6.54 Å². The fourth-order valence-electron chi connectivity index (χ4n) is 2.57. The molecule has 0 saturated carbocycles. The molecule has 2 heterocycles. The number of carbonyl (C=O) groups is 1. The molecule has 3 atom stereocenters. The Bertz CT molecular complexity index is 395. The van der Waals surface area contributed by atoms with E-state index in [1.54, 1.807) is 20.2 Å². The summed E-state index contributed by atoms with van der Waals surface area (Å²) in [5.74, 6) is 0.634. The second kappa shape index (κ2) is 6.74. The van der Waals surface area contributed by atoms with Crippen molar-refractivity contribution in [2.24, 2.45) is 4.99 Å².